The second kappa shape index (κ2) is 29.9. The van der Waals surface area contributed by atoms with Gasteiger partial charge in [0.1, 0.15) is 110 Å². The highest BCUT2D eigenvalue weighted by atomic mass is 32.2. The van der Waals surface area contributed by atoms with Crippen LogP contribution in [0.3, 0.4) is 0 Å². The average Bonchev–Trinajstić information content (AvgIpc) is 1.60. The molecular weight excluding hydrogens is 1820 g/mol. The Morgan fingerprint density at radius 3 is 0.706 bits per heavy atom. The average molecular weight is 1870 g/mol. The van der Waals surface area contributed by atoms with Crippen LogP contribution in [0.25, 0.3) is 200 Å². The molecule has 6 N–H and O–H groups in total. The first-order chi connectivity index (χ1) is 65.9. The Morgan fingerprint density at radius 1 is 0.221 bits per heavy atom. The lowest BCUT2D eigenvalue weighted by molar-refractivity contribution is 0.478. The Labute approximate surface area is 762 Å². The van der Waals surface area contributed by atoms with Gasteiger partial charge in [-0.15, -0.1) is 20.4 Å². The summed E-state index contributed by atoms with van der Waals surface area (Å²) in [4.78, 5) is 38.8. The Hall–Kier alpha value is -17.6. The van der Waals surface area contributed by atoms with Crippen LogP contribution in [0, 0.1) is 0 Å². The van der Waals surface area contributed by atoms with Crippen LogP contribution in [0.15, 0.2) is 311 Å². The Morgan fingerprint density at radius 2 is 0.441 bits per heavy atom. The van der Waals surface area contributed by atoms with Gasteiger partial charge >= 0.3 is 0 Å². The second-order valence-corrected chi connectivity index (χ2v) is 37.3. The molecule has 0 spiro atoms. The van der Waals surface area contributed by atoms with E-state index in [0.717, 1.165) is 0 Å². The van der Waals surface area contributed by atoms with Gasteiger partial charge in [0.15, 0.2) is 46.3 Å². The normalized spacial score (nSPS) is 12.5. The van der Waals surface area contributed by atoms with Crippen LogP contribution in [-0.2, 0) is 40.5 Å². The zero-order valence-corrected chi connectivity index (χ0v) is 72.3. The number of aromatic amines is 2. The maximum atomic E-state index is 13.2. The number of nitrogens with zero attached hydrogens (tertiary/aromatic N) is 18. The van der Waals surface area contributed by atoms with Crippen LogP contribution in [0.5, 0.6) is 46.0 Å². The van der Waals surface area contributed by atoms with E-state index in [1.165, 1.54) is 72.8 Å². The van der Waals surface area contributed by atoms with Crippen molar-refractivity contribution in [3.05, 3.63) is 291 Å². The summed E-state index contributed by atoms with van der Waals surface area (Å²) in [6.45, 7) is 0. The van der Waals surface area contributed by atoms with Crippen LogP contribution in [-0.4, -0.2) is 152 Å². The lowest BCUT2D eigenvalue weighted by Gasteiger charge is -2.16. The van der Waals surface area contributed by atoms with E-state index in [0.29, 0.717) is 76.8 Å². The molecule has 0 atom stereocenters. The zero-order chi connectivity index (χ0) is 92.1. The van der Waals surface area contributed by atoms with Crippen molar-refractivity contribution in [2.45, 2.75) is 19.6 Å². The van der Waals surface area contributed by atoms with Gasteiger partial charge in [0.25, 0.3) is 40.5 Å². The van der Waals surface area contributed by atoms with Crippen LogP contribution in [0.1, 0.15) is 0 Å². The largest absolute Gasteiger partial charge is 0.454 e. The van der Waals surface area contributed by atoms with Gasteiger partial charge in [-0.25, -0.2) is 48.6 Å². The molecular formula is C96H54N20O16S4. The fourth-order valence-electron chi connectivity index (χ4n) is 17.7. The Balaban J connectivity index is 0.828. The minimum absolute atomic E-state index is 0.0129. The highest BCUT2D eigenvalue weighted by molar-refractivity contribution is 7.87. The van der Waals surface area contributed by atoms with Crippen molar-refractivity contribution < 1.29 is 70.8 Å². The predicted octanol–water partition coefficient (Wildman–Crippen LogP) is 18.6. The summed E-state index contributed by atoms with van der Waals surface area (Å²) in [6, 6.07) is 79.1. The molecule has 136 heavy (non-hydrogen) atoms. The molecule has 0 amide bonds. The van der Waals surface area contributed by atoms with Crippen LogP contribution >= 0.6 is 0 Å². The Kier molecular flexibility index (Phi) is 17.7. The first kappa shape index (κ1) is 80.4. The molecule has 0 unspecified atom stereocenters. The van der Waals surface area contributed by atoms with E-state index in [-0.39, 0.29) is 188 Å². The molecule has 25 rings (SSSR count). The van der Waals surface area contributed by atoms with E-state index in [1.54, 1.807) is 201 Å². The van der Waals surface area contributed by atoms with E-state index < -0.39 is 40.5 Å². The highest BCUT2D eigenvalue weighted by Gasteiger charge is 2.33. The number of para-hydroxylation sites is 4. The van der Waals surface area contributed by atoms with E-state index in [4.69, 9.17) is 69.7 Å². The first-order valence-electron chi connectivity index (χ1n) is 41.4. The van der Waals surface area contributed by atoms with E-state index in [1.807, 2.05) is 36.4 Å². The van der Waals surface area contributed by atoms with Crippen LogP contribution in [0.2, 0.25) is 0 Å². The van der Waals surface area contributed by atoms with Crippen molar-refractivity contribution >= 4 is 172 Å². The molecule has 16 aromatic carbocycles. The third kappa shape index (κ3) is 13.2. The third-order valence-electron chi connectivity index (χ3n) is 23.8. The van der Waals surface area contributed by atoms with Gasteiger partial charge in [0, 0.05) is 86.9 Å². The zero-order valence-electron chi connectivity index (χ0n) is 69.1. The summed E-state index contributed by atoms with van der Waals surface area (Å²) >= 11 is 0. The number of fused-ring (bicyclic) bond motifs is 28. The van der Waals surface area contributed by atoms with Gasteiger partial charge in [-0.1, -0.05) is 166 Å². The quantitative estimate of drug-likeness (QED) is 0.0489. The lowest BCUT2D eigenvalue weighted by Crippen LogP contribution is -2.03. The van der Waals surface area contributed by atoms with Gasteiger partial charge in [-0.2, -0.15) is 33.7 Å². The third-order valence-corrected chi connectivity index (χ3v) is 27.5. The number of aromatic nitrogens is 20. The molecule has 8 bridgehead atoms. The fraction of sp³-hybridized carbons (Fsp3) is 0. The summed E-state index contributed by atoms with van der Waals surface area (Å²) in [5.74, 6) is 0.800. The SMILES string of the molecule is O=S(=O)(O)c1ccc(Oc2cc3c(cc2-n2nnc4ccccc42)-c2nc-3nc3[nH]c(nc4nc(nc5[nH]c(n2)c2cc(Oc6ccc(S(=O)(=O)O)c7ccccc67)c(-n6nnc7ccccc76)cc52)-c2cc(Oc5ccc(S(=O)(=O)O)c6ccccc56)c(-n5nnc6ccccc65)cc2-4)c2cc(Oc4ccc(S(=O)(=O)O)c5ccccc45)c(-n4nnc5ccccc54)cc32)c2ccccc12. The summed E-state index contributed by atoms with van der Waals surface area (Å²) < 4.78 is 183. The van der Waals surface area contributed by atoms with Gasteiger partial charge < -0.3 is 28.9 Å². The molecule has 23 aromatic rings. The summed E-state index contributed by atoms with van der Waals surface area (Å²) in [6.07, 6.45) is 0. The van der Waals surface area contributed by atoms with Crippen molar-refractivity contribution in [2.75, 3.05) is 0 Å². The molecule has 0 fully saturated rings. The Bertz CT molecular complexity index is 9420. The smallest absolute Gasteiger partial charge is 0.295 e. The maximum absolute atomic E-state index is 13.2. The van der Waals surface area contributed by atoms with Crippen LogP contribution in [0.4, 0.5) is 0 Å². The topological polar surface area (TPSA) is 486 Å². The maximum Gasteiger partial charge on any atom is 0.295 e. The minimum Gasteiger partial charge on any atom is -0.454 e. The van der Waals surface area contributed by atoms with Crippen molar-refractivity contribution in [2.24, 2.45) is 0 Å². The molecule has 0 aliphatic carbocycles. The summed E-state index contributed by atoms with van der Waals surface area (Å²) in [7, 11) is -19.2. The molecule has 2 aliphatic heterocycles. The van der Waals surface area contributed by atoms with Crippen molar-refractivity contribution in [3.8, 4) is 114 Å². The number of ether oxygens (including phenoxy) is 4. The molecule has 2 aliphatic rings. The number of rotatable bonds is 16. The van der Waals surface area contributed by atoms with Crippen molar-refractivity contribution in [1.29, 1.82) is 0 Å². The molecule has 36 nitrogen and oxygen atoms in total. The number of hydrogen-bond acceptors (Lipinski definition) is 26. The molecule has 0 saturated heterocycles. The van der Waals surface area contributed by atoms with E-state index >= 15 is 0 Å². The monoisotopic (exact) mass is 1870 g/mol. The molecule has 0 radical (unpaired) electrons. The molecule has 0 saturated carbocycles. The van der Waals surface area contributed by atoms with Crippen LogP contribution < -0.4 is 18.9 Å². The van der Waals surface area contributed by atoms with Gasteiger partial charge in [-0.05, 0) is 146 Å². The number of H-pyrrole nitrogens is 2. The molecule has 7 aromatic heterocycles. The van der Waals surface area contributed by atoms with E-state index in [9.17, 15) is 51.9 Å². The van der Waals surface area contributed by atoms with Gasteiger partial charge in [0.05, 0.1) is 22.1 Å². The summed E-state index contributed by atoms with van der Waals surface area (Å²) in [5.41, 5.74) is 6.32. The lowest BCUT2D eigenvalue weighted by atomic mass is 10.1. The standard InChI is InChI=1S/C96H54N20O16S4/c117-133(118,119)85-37-33-77(49-17-1-5-21-53(49)85)129-81-45-61-57(41-73(81)113-69-29-13-9-25-65(69)105-109-113)89-97-93(61)101-90-58-42-74(114-70-30-14-10-26-66(70)106-110-114)82(130-78-34-38-86(134(120,121)122)54-22-6-2-18-50(54)78)46-62(58)95(98-90)103-92-60-44-76(116-72-32-16-12-28-68(72)108-112-116)84(132-80-36-40-88(136(126,127)128)56-24-8-4-20-52(56)80)48-64(60)96(100-92)104-91-59-43-75(115-71-31-15-11-27-67(71)107-111-115)83(47-63(59)94(99-91)102-89)131-79-35-39-87(135(123,124)125)55-23-7-3-19-51(55)79/h1-48H,(H,117,118,119)(H,120,121,122)(H,123,124,125)(H,126,127,128)(H2,97,98,99,100,101,102,103,104). The molecule has 658 valence electrons. The minimum atomic E-state index is -4.81. The number of benzene rings is 16. The van der Waals surface area contributed by atoms with Crippen molar-refractivity contribution in [1.82, 2.24) is 99.8 Å². The van der Waals surface area contributed by atoms with Crippen molar-refractivity contribution in [3.63, 3.8) is 0 Å². The molecule has 40 heteroatoms. The number of hydrogen-bond donors (Lipinski definition) is 6. The highest BCUT2D eigenvalue weighted by Crippen LogP contribution is 2.50. The van der Waals surface area contributed by atoms with E-state index in [2.05, 4.69) is 30.4 Å². The number of nitrogens with one attached hydrogen (secondary N) is 2. The first-order valence-corrected chi connectivity index (χ1v) is 47.1. The fourth-order valence-corrected chi connectivity index (χ4v) is 20.5. The van der Waals surface area contributed by atoms with Gasteiger partial charge in [-0.3, -0.25) is 18.2 Å². The summed E-state index contributed by atoms with van der Waals surface area (Å²) in [5, 5.41) is 40.2. The second-order valence-electron chi connectivity index (χ2n) is 31.8. The van der Waals surface area contributed by atoms with Gasteiger partial charge in [0.2, 0.25) is 0 Å². The predicted molar refractivity (Wildman–Crippen MR) is 501 cm³/mol. The molecule has 9 heterocycles.